The van der Waals surface area contributed by atoms with Crippen molar-refractivity contribution in [1.82, 2.24) is 0 Å². The average molecular weight is 260 g/mol. The normalized spacial score (nSPS) is 40.2. The van der Waals surface area contributed by atoms with Gasteiger partial charge in [-0.3, -0.25) is 4.52 Å². The van der Waals surface area contributed by atoms with Gasteiger partial charge in [-0.1, -0.05) is 0 Å². The quantitative estimate of drug-likeness (QED) is 0.288. The fraction of sp³-hybridized carbons (Fsp3) is 1.00. The van der Waals surface area contributed by atoms with Gasteiger partial charge < -0.3 is 34.9 Å². The van der Waals surface area contributed by atoms with Gasteiger partial charge in [0.25, 0.3) is 0 Å². The molecule has 10 heteroatoms. The minimum atomic E-state index is -4.83. The molecule has 0 saturated carbocycles. The highest BCUT2D eigenvalue weighted by atomic mass is 31.2. The van der Waals surface area contributed by atoms with Crippen LogP contribution in [0.3, 0.4) is 0 Å². The topological polar surface area (TPSA) is 157 Å². The van der Waals surface area contributed by atoms with Gasteiger partial charge in [0.05, 0.1) is 6.61 Å². The van der Waals surface area contributed by atoms with Crippen molar-refractivity contribution in [1.29, 1.82) is 0 Å². The van der Waals surface area contributed by atoms with Crippen molar-refractivity contribution in [2.24, 2.45) is 0 Å². The first-order valence-corrected chi connectivity index (χ1v) is 5.80. The van der Waals surface area contributed by atoms with Crippen molar-refractivity contribution < 1.29 is 44.0 Å². The Kier molecular flexibility index (Phi) is 4.06. The van der Waals surface area contributed by atoms with E-state index in [9.17, 15) is 19.9 Å². The zero-order valence-corrected chi connectivity index (χ0v) is 8.90. The molecule has 16 heavy (non-hydrogen) atoms. The molecule has 0 aliphatic carbocycles. The van der Waals surface area contributed by atoms with Gasteiger partial charge in [-0.15, -0.1) is 0 Å². The number of rotatable bonds is 4. The van der Waals surface area contributed by atoms with E-state index in [4.69, 9.17) is 14.9 Å². The molecule has 9 nitrogen and oxygen atoms in total. The van der Waals surface area contributed by atoms with Crippen LogP contribution in [-0.2, 0) is 13.8 Å². The maximum Gasteiger partial charge on any atom is 0.469 e. The van der Waals surface area contributed by atoms with E-state index in [1.807, 2.05) is 0 Å². The highest BCUT2D eigenvalue weighted by Gasteiger charge is 2.54. The van der Waals surface area contributed by atoms with Crippen LogP contribution in [0.1, 0.15) is 0 Å². The summed E-state index contributed by atoms with van der Waals surface area (Å²) in [6, 6.07) is 0. The molecule has 0 amide bonds. The molecule has 6 N–H and O–H groups in total. The lowest BCUT2D eigenvalue weighted by Crippen LogP contribution is -2.46. The number of phosphoric ester groups is 1. The molecule has 0 aromatic carbocycles. The highest BCUT2D eigenvalue weighted by molar-refractivity contribution is 7.46. The molecule has 1 unspecified atom stereocenters. The SMILES string of the molecule is O=P(O)(O)OCC1(O)O[C@@H](CO)[C@@H](O)[C@@H]1O. The third-order valence-electron chi connectivity index (χ3n) is 2.14. The Balaban J connectivity index is 2.67. The van der Waals surface area contributed by atoms with Crippen LogP contribution < -0.4 is 0 Å². The molecule has 0 bridgehead atoms. The van der Waals surface area contributed by atoms with Gasteiger partial charge in [0.15, 0.2) is 0 Å². The summed E-state index contributed by atoms with van der Waals surface area (Å²) in [4.78, 5) is 16.8. The lowest BCUT2D eigenvalue weighted by molar-refractivity contribution is -0.245. The fourth-order valence-corrected chi connectivity index (χ4v) is 1.67. The predicted octanol–water partition coefficient (Wildman–Crippen LogP) is -3.10. The van der Waals surface area contributed by atoms with Crippen molar-refractivity contribution in [2.45, 2.75) is 24.1 Å². The first-order valence-electron chi connectivity index (χ1n) is 4.27. The number of aliphatic hydroxyl groups is 4. The zero-order chi connectivity index (χ0) is 12.6. The van der Waals surface area contributed by atoms with Gasteiger partial charge in [0.1, 0.15) is 24.9 Å². The summed E-state index contributed by atoms with van der Waals surface area (Å²) in [7, 11) is -4.83. The fourth-order valence-electron chi connectivity index (χ4n) is 1.31. The smallest absolute Gasteiger partial charge is 0.394 e. The molecule has 4 atom stereocenters. The lowest BCUT2D eigenvalue weighted by Gasteiger charge is -2.25. The molecule has 0 aromatic rings. The molecule has 1 saturated heterocycles. The molecular formula is C6H13O9P. The molecule has 0 aromatic heterocycles. The van der Waals surface area contributed by atoms with Crippen molar-refractivity contribution in [2.75, 3.05) is 13.2 Å². The molecule has 0 spiro atoms. The Morgan fingerprint density at radius 3 is 2.31 bits per heavy atom. The van der Waals surface area contributed by atoms with Crippen molar-refractivity contribution >= 4 is 7.82 Å². The van der Waals surface area contributed by atoms with Gasteiger partial charge >= 0.3 is 7.82 Å². The van der Waals surface area contributed by atoms with Gasteiger partial charge in [-0.25, -0.2) is 4.57 Å². The van der Waals surface area contributed by atoms with Crippen LogP contribution in [0.15, 0.2) is 0 Å². The molecule has 96 valence electrons. The molecule has 1 fully saturated rings. The summed E-state index contributed by atoms with van der Waals surface area (Å²) in [6.45, 7) is -1.71. The van der Waals surface area contributed by atoms with E-state index in [-0.39, 0.29) is 0 Å². The molecular weight excluding hydrogens is 247 g/mol. The zero-order valence-electron chi connectivity index (χ0n) is 8.00. The standard InChI is InChI=1S/C6H13O9P/c7-1-3-4(8)5(9)6(10,15-3)2-14-16(11,12)13/h3-5,7-10H,1-2H2,(H2,11,12,13)/t3-,4+,5-,6?/m0/s1. The van der Waals surface area contributed by atoms with E-state index < -0.39 is 45.1 Å². The number of hydrogen-bond acceptors (Lipinski definition) is 7. The minimum absolute atomic E-state index is 0.670. The first-order chi connectivity index (χ1) is 7.19. The maximum atomic E-state index is 10.4. The minimum Gasteiger partial charge on any atom is -0.394 e. The maximum absolute atomic E-state index is 10.4. The van der Waals surface area contributed by atoms with Gasteiger partial charge in [0.2, 0.25) is 5.79 Å². The number of ether oxygens (including phenoxy) is 1. The second-order valence-corrected chi connectivity index (χ2v) is 4.62. The first kappa shape index (κ1) is 14.0. The van der Waals surface area contributed by atoms with Crippen LogP contribution in [-0.4, -0.2) is 67.5 Å². The highest BCUT2D eigenvalue weighted by Crippen LogP contribution is 2.39. The lowest BCUT2D eigenvalue weighted by atomic mass is 10.1. The summed E-state index contributed by atoms with van der Waals surface area (Å²) in [6.07, 6.45) is -4.66. The van der Waals surface area contributed by atoms with Crippen LogP contribution in [0.25, 0.3) is 0 Å². The van der Waals surface area contributed by atoms with E-state index in [1.54, 1.807) is 0 Å². The van der Waals surface area contributed by atoms with E-state index in [0.29, 0.717) is 0 Å². The molecule has 1 aliphatic rings. The average Bonchev–Trinajstić information content (AvgIpc) is 2.40. The Labute approximate surface area is 90.1 Å². The van der Waals surface area contributed by atoms with Gasteiger partial charge in [0, 0.05) is 0 Å². The molecule has 1 heterocycles. The largest absolute Gasteiger partial charge is 0.469 e. The monoisotopic (exact) mass is 260 g/mol. The Hall–Kier alpha value is -0.0900. The summed E-state index contributed by atoms with van der Waals surface area (Å²) < 4.78 is 19.0. The molecule has 1 rings (SSSR count). The van der Waals surface area contributed by atoms with E-state index in [2.05, 4.69) is 9.26 Å². The predicted molar refractivity (Wildman–Crippen MR) is 46.9 cm³/mol. The Bertz CT molecular complexity index is 290. The summed E-state index contributed by atoms with van der Waals surface area (Å²) in [5.41, 5.74) is 0. The van der Waals surface area contributed by atoms with E-state index in [0.717, 1.165) is 0 Å². The Morgan fingerprint density at radius 1 is 1.38 bits per heavy atom. The summed E-state index contributed by atoms with van der Waals surface area (Å²) in [5, 5.41) is 36.9. The van der Waals surface area contributed by atoms with Crippen LogP contribution in [0, 0.1) is 0 Å². The van der Waals surface area contributed by atoms with Crippen LogP contribution in [0.5, 0.6) is 0 Å². The Morgan fingerprint density at radius 2 is 1.94 bits per heavy atom. The van der Waals surface area contributed by atoms with Crippen molar-refractivity contribution in [3.05, 3.63) is 0 Å². The number of aliphatic hydroxyl groups excluding tert-OH is 3. The molecule has 0 radical (unpaired) electrons. The van der Waals surface area contributed by atoms with E-state index >= 15 is 0 Å². The van der Waals surface area contributed by atoms with Crippen LogP contribution in [0.2, 0.25) is 0 Å². The molecule has 1 aliphatic heterocycles. The van der Waals surface area contributed by atoms with Gasteiger partial charge in [-0.05, 0) is 0 Å². The second-order valence-electron chi connectivity index (χ2n) is 3.38. The summed E-state index contributed by atoms with van der Waals surface area (Å²) >= 11 is 0. The number of phosphoric acid groups is 1. The second kappa shape index (κ2) is 4.65. The van der Waals surface area contributed by atoms with Gasteiger partial charge in [-0.2, -0.15) is 0 Å². The van der Waals surface area contributed by atoms with Crippen molar-refractivity contribution in [3.8, 4) is 0 Å². The third-order valence-corrected chi connectivity index (χ3v) is 2.61. The number of hydrogen-bond donors (Lipinski definition) is 6. The van der Waals surface area contributed by atoms with Crippen LogP contribution in [0.4, 0.5) is 0 Å². The van der Waals surface area contributed by atoms with Crippen molar-refractivity contribution in [3.63, 3.8) is 0 Å². The van der Waals surface area contributed by atoms with E-state index in [1.165, 1.54) is 0 Å². The summed E-state index contributed by atoms with van der Waals surface area (Å²) in [5.74, 6) is -2.46. The van der Waals surface area contributed by atoms with Crippen LogP contribution >= 0.6 is 7.82 Å². The third kappa shape index (κ3) is 2.98.